The van der Waals surface area contributed by atoms with E-state index in [-0.39, 0.29) is 11.2 Å². The molecule has 3 aromatic heterocycles. The number of imidazole rings is 2. The van der Waals surface area contributed by atoms with Crippen molar-refractivity contribution in [3.63, 3.8) is 0 Å². The topological polar surface area (TPSA) is 66.2 Å². The maximum Gasteiger partial charge on any atom is 0.332 e. The summed E-state index contributed by atoms with van der Waals surface area (Å²) in [6.45, 7) is 5.33. The number of benzene rings is 1. The Bertz CT molecular complexity index is 1260. The van der Waals surface area contributed by atoms with Crippen molar-refractivity contribution in [3.8, 4) is 0 Å². The van der Waals surface area contributed by atoms with Crippen molar-refractivity contribution in [1.82, 2.24) is 23.1 Å². The Morgan fingerprint density at radius 3 is 2.50 bits per heavy atom. The minimum atomic E-state index is -0.315. The second-order valence-electron chi connectivity index (χ2n) is 7.26. The Balaban J connectivity index is 1.79. The molecule has 0 unspecified atom stereocenters. The molecule has 7 heteroatoms. The van der Waals surface area contributed by atoms with E-state index in [4.69, 9.17) is 0 Å². The van der Waals surface area contributed by atoms with Gasteiger partial charge in [0.1, 0.15) is 0 Å². The predicted octanol–water partition coefficient (Wildman–Crippen LogP) is 2.50. The number of nitrogens with zero attached hydrogens (tertiary/aromatic N) is 5. The first kappa shape index (κ1) is 18.3. The first-order valence-corrected chi connectivity index (χ1v) is 9.74. The first-order chi connectivity index (χ1) is 13.5. The van der Waals surface area contributed by atoms with Crippen LogP contribution in [0.1, 0.15) is 31.0 Å². The number of rotatable bonds is 6. The molecule has 4 rings (SSSR count). The monoisotopic (exact) mass is 379 g/mol. The van der Waals surface area contributed by atoms with Crippen LogP contribution in [-0.2, 0) is 26.6 Å². The molecule has 0 amide bonds. The minimum absolute atomic E-state index is 0.271. The van der Waals surface area contributed by atoms with E-state index in [2.05, 4.69) is 28.6 Å². The minimum Gasteiger partial charge on any atom is -0.314 e. The molecule has 3 heterocycles. The lowest BCUT2D eigenvalue weighted by molar-refractivity contribution is 0.572. The van der Waals surface area contributed by atoms with E-state index in [0.29, 0.717) is 23.5 Å². The fraction of sp³-hybridized carbons (Fsp3) is 0.381. The van der Waals surface area contributed by atoms with Gasteiger partial charge in [-0.25, -0.2) is 4.79 Å². The molecule has 146 valence electrons. The molecular weight excluding hydrogens is 354 g/mol. The van der Waals surface area contributed by atoms with E-state index in [1.165, 1.54) is 14.7 Å². The van der Waals surface area contributed by atoms with Crippen LogP contribution in [0.2, 0.25) is 0 Å². The molecule has 0 fully saturated rings. The summed E-state index contributed by atoms with van der Waals surface area (Å²) in [5.41, 5.74) is 2.57. The van der Waals surface area contributed by atoms with Crippen molar-refractivity contribution >= 4 is 16.9 Å². The molecule has 1 aromatic carbocycles. The van der Waals surface area contributed by atoms with Gasteiger partial charge >= 0.3 is 5.69 Å². The van der Waals surface area contributed by atoms with Crippen molar-refractivity contribution in [2.24, 2.45) is 7.05 Å². The first-order valence-electron chi connectivity index (χ1n) is 9.74. The van der Waals surface area contributed by atoms with E-state index in [1.807, 2.05) is 35.7 Å². The third-order valence-corrected chi connectivity index (χ3v) is 5.28. The van der Waals surface area contributed by atoms with Gasteiger partial charge in [-0.2, -0.15) is 4.98 Å². The second-order valence-corrected chi connectivity index (χ2v) is 7.26. The molecule has 0 aliphatic rings. The number of hydrogen-bond donors (Lipinski definition) is 0. The van der Waals surface area contributed by atoms with Crippen LogP contribution in [0.25, 0.3) is 16.9 Å². The summed E-state index contributed by atoms with van der Waals surface area (Å²) in [6.07, 6.45) is 4.45. The summed E-state index contributed by atoms with van der Waals surface area (Å²) < 4.78 is 6.74. The lowest BCUT2D eigenvalue weighted by Crippen LogP contribution is -2.39. The van der Waals surface area contributed by atoms with Gasteiger partial charge in [0.15, 0.2) is 11.2 Å². The Morgan fingerprint density at radius 2 is 1.79 bits per heavy atom. The molecule has 28 heavy (non-hydrogen) atoms. The highest BCUT2D eigenvalue weighted by Crippen LogP contribution is 2.16. The van der Waals surface area contributed by atoms with E-state index in [9.17, 15) is 9.59 Å². The van der Waals surface area contributed by atoms with Crippen LogP contribution in [0.3, 0.4) is 0 Å². The summed E-state index contributed by atoms with van der Waals surface area (Å²) in [7, 11) is 1.68. The zero-order chi connectivity index (χ0) is 19.8. The summed E-state index contributed by atoms with van der Waals surface area (Å²) in [4.78, 5) is 30.6. The van der Waals surface area contributed by atoms with E-state index < -0.39 is 0 Å². The molecule has 0 saturated heterocycles. The predicted molar refractivity (Wildman–Crippen MR) is 110 cm³/mol. The molecule has 0 bridgehead atoms. The van der Waals surface area contributed by atoms with Crippen LogP contribution in [0.15, 0.2) is 46.1 Å². The summed E-state index contributed by atoms with van der Waals surface area (Å²) in [5, 5.41) is 0. The van der Waals surface area contributed by atoms with Gasteiger partial charge in [-0.05, 0) is 31.7 Å². The average Bonchev–Trinajstić information content (AvgIpc) is 3.20. The second kappa shape index (κ2) is 7.14. The maximum atomic E-state index is 13.2. The third-order valence-electron chi connectivity index (χ3n) is 5.28. The molecule has 0 saturated carbocycles. The summed E-state index contributed by atoms with van der Waals surface area (Å²) in [6, 6.07) is 10.1. The van der Waals surface area contributed by atoms with Crippen LogP contribution in [0, 0.1) is 6.92 Å². The lowest BCUT2D eigenvalue weighted by atomic mass is 10.1. The van der Waals surface area contributed by atoms with Gasteiger partial charge in [-0.15, -0.1) is 0 Å². The van der Waals surface area contributed by atoms with Gasteiger partial charge in [0.25, 0.3) is 5.56 Å². The van der Waals surface area contributed by atoms with Crippen LogP contribution in [-0.4, -0.2) is 23.1 Å². The zero-order valence-electron chi connectivity index (χ0n) is 16.6. The van der Waals surface area contributed by atoms with Gasteiger partial charge in [-0.3, -0.25) is 18.3 Å². The third kappa shape index (κ3) is 2.87. The van der Waals surface area contributed by atoms with E-state index in [1.54, 1.807) is 7.05 Å². The fourth-order valence-electron chi connectivity index (χ4n) is 3.84. The fourth-order valence-corrected chi connectivity index (χ4v) is 3.84. The Morgan fingerprint density at radius 1 is 1.04 bits per heavy atom. The number of aromatic nitrogens is 5. The van der Waals surface area contributed by atoms with Crippen molar-refractivity contribution in [1.29, 1.82) is 0 Å². The van der Waals surface area contributed by atoms with Crippen LogP contribution >= 0.6 is 0 Å². The Kier molecular flexibility index (Phi) is 4.66. The molecule has 0 aliphatic carbocycles. The highest BCUT2D eigenvalue weighted by molar-refractivity contribution is 5.75. The van der Waals surface area contributed by atoms with E-state index in [0.717, 1.165) is 31.5 Å². The normalized spacial score (nSPS) is 11.7. The molecule has 0 N–H and O–H groups in total. The highest BCUT2D eigenvalue weighted by atomic mass is 16.2. The van der Waals surface area contributed by atoms with Crippen molar-refractivity contribution in [3.05, 3.63) is 68.6 Å². The molecule has 7 nitrogen and oxygen atoms in total. The molecule has 0 spiro atoms. The summed E-state index contributed by atoms with van der Waals surface area (Å²) in [5.74, 6) is 0.712. The standard InChI is InChI=1S/C21H25N5O2/c1-4-12-24-15(2)14-26-17-18(22-20(24)26)23(3)21(28)25(19(17)27)13-8-11-16-9-6-5-7-10-16/h5-7,9-10,14H,4,8,11-13H2,1-3H3. The van der Waals surface area contributed by atoms with E-state index >= 15 is 0 Å². The van der Waals surface area contributed by atoms with Crippen LogP contribution in [0.4, 0.5) is 0 Å². The SMILES string of the molecule is CCCn1c(C)cn2c3c(=O)n(CCCc4ccccc4)c(=O)n(C)c3nc12. The van der Waals surface area contributed by atoms with Gasteiger partial charge in [0.2, 0.25) is 5.78 Å². The molecular formula is C21H25N5O2. The molecule has 4 aromatic rings. The molecule has 0 atom stereocenters. The van der Waals surface area contributed by atoms with Gasteiger partial charge < -0.3 is 4.57 Å². The molecule has 0 radical (unpaired) electrons. The van der Waals surface area contributed by atoms with Gasteiger partial charge in [0.05, 0.1) is 0 Å². The number of aryl methyl sites for hydroxylation is 4. The maximum absolute atomic E-state index is 13.2. The van der Waals surface area contributed by atoms with Crippen LogP contribution in [0.5, 0.6) is 0 Å². The van der Waals surface area contributed by atoms with Crippen molar-refractivity contribution < 1.29 is 0 Å². The highest BCUT2D eigenvalue weighted by Gasteiger charge is 2.19. The smallest absolute Gasteiger partial charge is 0.314 e. The quantitative estimate of drug-likeness (QED) is 0.517. The number of fused-ring (bicyclic) bond motifs is 3. The van der Waals surface area contributed by atoms with Crippen molar-refractivity contribution in [2.75, 3.05) is 0 Å². The summed E-state index contributed by atoms with van der Waals surface area (Å²) >= 11 is 0. The van der Waals surface area contributed by atoms with Crippen molar-refractivity contribution in [2.45, 2.75) is 46.2 Å². The lowest BCUT2D eigenvalue weighted by Gasteiger charge is -2.08. The van der Waals surface area contributed by atoms with Gasteiger partial charge in [0, 0.05) is 32.0 Å². The number of hydrogen-bond acceptors (Lipinski definition) is 3. The van der Waals surface area contributed by atoms with Crippen LogP contribution < -0.4 is 11.2 Å². The zero-order valence-corrected chi connectivity index (χ0v) is 16.6. The largest absolute Gasteiger partial charge is 0.332 e. The van der Waals surface area contributed by atoms with Gasteiger partial charge in [-0.1, -0.05) is 37.3 Å². The average molecular weight is 379 g/mol. The Hall–Kier alpha value is -3.09. The molecule has 0 aliphatic heterocycles. The Labute approximate surface area is 162 Å².